The van der Waals surface area contributed by atoms with Crippen LogP contribution >= 0.6 is 0 Å². The van der Waals surface area contributed by atoms with Crippen molar-refractivity contribution in [1.29, 1.82) is 5.26 Å². The van der Waals surface area contributed by atoms with Gasteiger partial charge in [0.1, 0.15) is 15.7 Å². The fraction of sp³-hybridized carbons (Fsp3) is 0.364. The van der Waals surface area contributed by atoms with Gasteiger partial charge in [-0.1, -0.05) is 0 Å². The van der Waals surface area contributed by atoms with Crippen LogP contribution in [0, 0.1) is 17.1 Å². The van der Waals surface area contributed by atoms with Crippen molar-refractivity contribution in [2.45, 2.75) is 13.0 Å². The Labute approximate surface area is 100.0 Å². The molecular formula is C11H13FN2O2S. The minimum Gasteiger partial charge on any atom is -0.379 e. The summed E-state index contributed by atoms with van der Waals surface area (Å²) >= 11 is 0. The second kappa shape index (κ2) is 5.15. The fourth-order valence-corrected chi connectivity index (χ4v) is 2.45. The third kappa shape index (κ3) is 4.41. The minimum atomic E-state index is -3.11. The van der Waals surface area contributed by atoms with Crippen LogP contribution in [0.1, 0.15) is 12.5 Å². The van der Waals surface area contributed by atoms with Crippen LogP contribution in [0.5, 0.6) is 0 Å². The first-order chi connectivity index (χ1) is 7.81. The summed E-state index contributed by atoms with van der Waals surface area (Å²) < 4.78 is 35.5. The van der Waals surface area contributed by atoms with Crippen molar-refractivity contribution in [2.24, 2.45) is 0 Å². The van der Waals surface area contributed by atoms with E-state index in [4.69, 9.17) is 5.26 Å². The van der Waals surface area contributed by atoms with E-state index in [2.05, 4.69) is 5.32 Å². The van der Waals surface area contributed by atoms with Gasteiger partial charge in [0.15, 0.2) is 0 Å². The van der Waals surface area contributed by atoms with E-state index in [1.807, 2.05) is 6.07 Å². The zero-order valence-electron chi connectivity index (χ0n) is 9.57. The zero-order chi connectivity index (χ0) is 13.1. The Hall–Kier alpha value is -1.61. The average Bonchev–Trinajstić information content (AvgIpc) is 2.18. The number of hydrogen-bond acceptors (Lipinski definition) is 4. The molecule has 4 nitrogen and oxygen atoms in total. The first-order valence-electron chi connectivity index (χ1n) is 4.96. The molecule has 92 valence electrons. The van der Waals surface area contributed by atoms with Crippen molar-refractivity contribution in [3.63, 3.8) is 0 Å². The van der Waals surface area contributed by atoms with Gasteiger partial charge in [0.05, 0.1) is 23.1 Å². The molecule has 0 aromatic heterocycles. The van der Waals surface area contributed by atoms with Crippen LogP contribution in [-0.4, -0.2) is 26.5 Å². The molecule has 0 radical (unpaired) electrons. The number of hydrogen-bond donors (Lipinski definition) is 1. The van der Waals surface area contributed by atoms with Crippen molar-refractivity contribution in [1.82, 2.24) is 0 Å². The Balaban J connectivity index is 2.79. The summed E-state index contributed by atoms with van der Waals surface area (Å²) in [5, 5.41) is 11.3. The van der Waals surface area contributed by atoms with Crippen molar-refractivity contribution < 1.29 is 12.8 Å². The number of benzene rings is 1. The summed E-state index contributed by atoms with van der Waals surface area (Å²) in [6.07, 6.45) is 1.13. The molecule has 1 aromatic carbocycles. The largest absolute Gasteiger partial charge is 0.379 e. The topological polar surface area (TPSA) is 70.0 Å². The van der Waals surface area contributed by atoms with Crippen LogP contribution in [0.15, 0.2) is 18.2 Å². The van der Waals surface area contributed by atoms with E-state index in [-0.39, 0.29) is 17.0 Å². The summed E-state index contributed by atoms with van der Waals surface area (Å²) in [5.41, 5.74) is 0.420. The highest BCUT2D eigenvalue weighted by atomic mass is 32.2. The van der Waals surface area contributed by atoms with E-state index in [0.29, 0.717) is 0 Å². The maximum Gasteiger partial charge on any atom is 0.149 e. The molecule has 17 heavy (non-hydrogen) atoms. The number of rotatable bonds is 4. The van der Waals surface area contributed by atoms with Gasteiger partial charge >= 0.3 is 0 Å². The molecular weight excluding hydrogens is 243 g/mol. The standard InChI is InChI=1S/C11H13FN2O2S/c1-8(7-17(2,15)16)14-11-4-3-9(6-13)5-10(11)12/h3-5,8,14H,7H2,1-2H3. The lowest BCUT2D eigenvalue weighted by atomic mass is 10.2. The zero-order valence-corrected chi connectivity index (χ0v) is 10.4. The van der Waals surface area contributed by atoms with Crippen molar-refractivity contribution in [3.05, 3.63) is 29.6 Å². The lowest BCUT2D eigenvalue weighted by Crippen LogP contribution is -2.25. The van der Waals surface area contributed by atoms with E-state index in [9.17, 15) is 12.8 Å². The van der Waals surface area contributed by atoms with Crippen molar-refractivity contribution in [2.75, 3.05) is 17.3 Å². The molecule has 1 unspecified atom stereocenters. The molecule has 0 heterocycles. The summed E-state index contributed by atoms with van der Waals surface area (Å²) in [6.45, 7) is 1.65. The molecule has 0 saturated heterocycles. The molecule has 0 aliphatic heterocycles. The first-order valence-corrected chi connectivity index (χ1v) is 7.02. The predicted octanol–water partition coefficient (Wildman–Crippen LogP) is 1.54. The van der Waals surface area contributed by atoms with Gasteiger partial charge in [-0.3, -0.25) is 0 Å². The van der Waals surface area contributed by atoms with Gasteiger partial charge in [-0.15, -0.1) is 0 Å². The van der Waals surface area contributed by atoms with Crippen LogP contribution in [0.2, 0.25) is 0 Å². The van der Waals surface area contributed by atoms with Gasteiger partial charge < -0.3 is 5.32 Å². The van der Waals surface area contributed by atoms with Gasteiger partial charge in [-0.25, -0.2) is 12.8 Å². The Morgan fingerprint density at radius 3 is 2.65 bits per heavy atom. The van der Waals surface area contributed by atoms with Crippen LogP contribution in [0.4, 0.5) is 10.1 Å². The number of nitriles is 1. The predicted molar refractivity (Wildman–Crippen MR) is 63.9 cm³/mol. The molecule has 0 aliphatic rings. The van der Waals surface area contributed by atoms with Crippen LogP contribution in [0.25, 0.3) is 0 Å². The van der Waals surface area contributed by atoms with E-state index in [1.165, 1.54) is 12.1 Å². The summed E-state index contributed by atoms with van der Waals surface area (Å²) in [4.78, 5) is 0. The summed E-state index contributed by atoms with van der Waals surface area (Å²) in [5.74, 6) is -0.642. The lowest BCUT2D eigenvalue weighted by Gasteiger charge is -2.14. The molecule has 0 aliphatic carbocycles. The van der Waals surface area contributed by atoms with Crippen LogP contribution in [0.3, 0.4) is 0 Å². The molecule has 0 spiro atoms. The van der Waals surface area contributed by atoms with Gasteiger partial charge in [-0.2, -0.15) is 5.26 Å². The average molecular weight is 256 g/mol. The maximum atomic E-state index is 13.5. The number of nitrogens with zero attached hydrogens (tertiary/aromatic N) is 1. The van der Waals surface area contributed by atoms with Gasteiger partial charge in [0, 0.05) is 12.3 Å². The minimum absolute atomic E-state index is 0.0769. The first kappa shape index (κ1) is 13.5. The fourth-order valence-electron chi connectivity index (χ4n) is 1.46. The smallest absolute Gasteiger partial charge is 0.149 e. The monoisotopic (exact) mass is 256 g/mol. The highest BCUT2D eigenvalue weighted by Crippen LogP contribution is 2.16. The van der Waals surface area contributed by atoms with Gasteiger partial charge in [0.25, 0.3) is 0 Å². The summed E-state index contributed by atoms with van der Waals surface area (Å²) in [7, 11) is -3.11. The lowest BCUT2D eigenvalue weighted by molar-refractivity contribution is 0.596. The molecule has 0 amide bonds. The number of halogens is 1. The highest BCUT2D eigenvalue weighted by Gasteiger charge is 2.12. The number of nitrogens with one attached hydrogen (secondary N) is 1. The highest BCUT2D eigenvalue weighted by molar-refractivity contribution is 7.90. The molecule has 0 fully saturated rings. The normalized spacial score (nSPS) is 12.8. The van der Waals surface area contributed by atoms with Gasteiger partial charge in [0.2, 0.25) is 0 Å². The Morgan fingerprint density at radius 1 is 1.53 bits per heavy atom. The Bertz CT molecular complexity index is 549. The number of sulfone groups is 1. The quantitative estimate of drug-likeness (QED) is 0.887. The third-order valence-corrected chi connectivity index (χ3v) is 3.16. The molecule has 1 atom stereocenters. The molecule has 0 bridgehead atoms. The second-order valence-corrected chi connectivity index (χ2v) is 6.13. The van der Waals surface area contributed by atoms with E-state index < -0.39 is 21.7 Å². The summed E-state index contributed by atoms with van der Waals surface area (Å²) in [6, 6.07) is 5.43. The van der Waals surface area contributed by atoms with Crippen LogP contribution in [-0.2, 0) is 9.84 Å². The van der Waals surface area contributed by atoms with Gasteiger partial charge in [-0.05, 0) is 25.1 Å². The van der Waals surface area contributed by atoms with Crippen molar-refractivity contribution in [3.8, 4) is 6.07 Å². The van der Waals surface area contributed by atoms with Crippen molar-refractivity contribution >= 4 is 15.5 Å². The van der Waals surface area contributed by atoms with E-state index >= 15 is 0 Å². The maximum absolute atomic E-state index is 13.5. The molecule has 1 N–H and O–H groups in total. The number of anilines is 1. The Kier molecular flexibility index (Phi) is 4.07. The second-order valence-electron chi connectivity index (χ2n) is 3.94. The van der Waals surface area contributed by atoms with E-state index in [1.54, 1.807) is 6.92 Å². The Morgan fingerprint density at radius 2 is 2.18 bits per heavy atom. The third-order valence-electron chi connectivity index (χ3n) is 2.05. The van der Waals surface area contributed by atoms with E-state index in [0.717, 1.165) is 12.3 Å². The molecule has 6 heteroatoms. The molecule has 0 saturated carbocycles. The van der Waals surface area contributed by atoms with Crippen LogP contribution < -0.4 is 5.32 Å². The molecule has 1 aromatic rings. The molecule has 1 rings (SSSR count). The SMILES string of the molecule is CC(CS(C)(=O)=O)Nc1ccc(C#N)cc1F.